The number of nitrogens with zero attached hydrogens (tertiary/aromatic N) is 2. The lowest BCUT2D eigenvalue weighted by Crippen LogP contribution is -2.14. The number of fused-ring (bicyclic) bond motifs is 4. The lowest BCUT2D eigenvalue weighted by molar-refractivity contribution is 0.628. The van der Waals surface area contributed by atoms with Crippen LogP contribution in [0.25, 0.3) is 55.5 Å². The van der Waals surface area contributed by atoms with Gasteiger partial charge in [-0.2, -0.15) is 0 Å². The van der Waals surface area contributed by atoms with Crippen molar-refractivity contribution in [2.45, 2.75) is 19.3 Å². The van der Waals surface area contributed by atoms with E-state index >= 15 is 0 Å². The summed E-state index contributed by atoms with van der Waals surface area (Å²) in [5.74, 6) is -0.232. The molecule has 0 atom stereocenters. The largest absolute Gasteiger partial charge is 0.345 e. The Morgan fingerprint density at radius 2 is 1.00 bits per heavy atom. The van der Waals surface area contributed by atoms with Crippen LogP contribution in [0.4, 0.5) is 15.8 Å². The van der Waals surface area contributed by atoms with Crippen molar-refractivity contribution >= 4 is 22.3 Å². The van der Waals surface area contributed by atoms with Gasteiger partial charge in [0.2, 0.25) is 0 Å². The molecule has 52 heavy (non-hydrogen) atoms. The highest BCUT2D eigenvalue weighted by molar-refractivity contribution is 6.04. The van der Waals surface area contributed by atoms with Crippen molar-refractivity contribution in [2.75, 3.05) is 11.9 Å². The van der Waals surface area contributed by atoms with Crippen LogP contribution in [0.15, 0.2) is 176 Å². The average molecular weight is 677 g/mol. The molecule has 1 aromatic heterocycles. The molecule has 1 heterocycles. The topological polar surface area (TPSA) is 8.17 Å². The third-order valence-electron chi connectivity index (χ3n) is 10.6. The SMILES string of the molecule is CC1(C)c2ccccc2-c2ccccc21.CN(c1ccc(-c2ccccc2)cc1)c1ccc(-c2c(-c3cccc(F)c3)n(C)c3ccccc23)cc1. The van der Waals surface area contributed by atoms with Crippen molar-refractivity contribution < 1.29 is 4.39 Å². The molecule has 0 bridgehead atoms. The van der Waals surface area contributed by atoms with Gasteiger partial charge in [0.15, 0.2) is 0 Å². The first-order chi connectivity index (χ1) is 25.3. The Bertz CT molecular complexity index is 2460. The highest BCUT2D eigenvalue weighted by Crippen LogP contribution is 2.48. The fourth-order valence-corrected chi connectivity index (χ4v) is 7.84. The van der Waals surface area contributed by atoms with Gasteiger partial charge in [-0.15, -0.1) is 0 Å². The number of halogens is 1. The van der Waals surface area contributed by atoms with E-state index in [0.29, 0.717) is 0 Å². The fourth-order valence-electron chi connectivity index (χ4n) is 7.84. The number of aromatic nitrogens is 1. The lowest BCUT2D eigenvalue weighted by Gasteiger charge is -2.20. The van der Waals surface area contributed by atoms with Gasteiger partial charge in [0.05, 0.1) is 5.69 Å². The number of benzene rings is 7. The molecule has 9 rings (SSSR count). The van der Waals surface area contributed by atoms with E-state index in [9.17, 15) is 4.39 Å². The smallest absolute Gasteiger partial charge is 0.123 e. The molecule has 0 saturated carbocycles. The van der Waals surface area contributed by atoms with E-state index in [2.05, 4.69) is 170 Å². The van der Waals surface area contributed by atoms with Crippen LogP contribution in [0.3, 0.4) is 0 Å². The first kappa shape index (κ1) is 33.0. The Hall–Kier alpha value is -6.19. The molecule has 2 nitrogen and oxygen atoms in total. The van der Waals surface area contributed by atoms with E-state index < -0.39 is 0 Å². The highest BCUT2D eigenvalue weighted by atomic mass is 19.1. The van der Waals surface area contributed by atoms with Crippen molar-refractivity contribution in [1.82, 2.24) is 4.57 Å². The molecule has 0 radical (unpaired) electrons. The van der Waals surface area contributed by atoms with Crippen molar-refractivity contribution in [1.29, 1.82) is 0 Å². The third-order valence-corrected chi connectivity index (χ3v) is 10.6. The van der Waals surface area contributed by atoms with E-state index in [4.69, 9.17) is 0 Å². The zero-order valence-corrected chi connectivity index (χ0v) is 30.0. The van der Waals surface area contributed by atoms with E-state index in [1.165, 1.54) is 39.4 Å². The zero-order chi connectivity index (χ0) is 35.8. The lowest BCUT2D eigenvalue weighted by atomic mass is 9.82. The standard InChI is InChI=1S/C34H27FN2.C15H14/c1-36(29-19-15-25(16-20-29)24-9-4-3-5-10-24)30-21-17-26(18-22-30)33-31-13-6-7-14-32(31)37(2)34(33)27-11-8-12-28(35)23-27;1-15(2)13-9-5-3-7-11(13)12-8-4-6-10-14(12)15/h3-23H,1-2H3;3-10H,1-2H3. The van der Waals surface area contributed by atoms with Gasteiger partial charge < -0.3 is 9.47 Å². The summed E-state index contributed by atoms with van der Waals surface area (Å²) in [4.78, 5) is 2.19. The Balaban J connectivity index is 0.000000214. The molecule has 0 unspecified atom stereocenters. The zero-order valence-electron chi connectivity index (χ0n) is 30.0. The first-order valence-corrected chi connectivity index (χ1v) is 17.8. The average Bonchev–Trinajstić information content (AvgIpc) is 3.62. The van der Waals surface area contributed by atoms with Crippen LogP contribution < -0.4 is 4.90 Å². The number of para-hydroxylation sites is 1. The van der Waals surface area contributed by atoms with E-state index in [-0.39, 0.29) is 11.2 Å². The fraction of sp³-hybridized carbons (Fsp3) is 0.102. The summed E-state index contributed by atoms with van der Waals surface area (Å²) in [6.45, 7) is 4.61. The predicted octanol–water partition coefficient (Wildman–Crippen LogP) is 13.1. The van der Waals surface area contributed by atoms with Crippen LogP contribution in [0.2, 0.25) is 0 Å². The van der Waals surface area contributed by atoms with Gasteiger partial charge >= 0.3 is 0 Å². The highest BCUT2D eigenvalue weighted by Gasteiger charge is 2.34. The second-order valence-corrected chi connectivity index (χ2v) is 14.0. The number of hydrogen-bond acceptors (Lipinski definition) is 1. The predicted molar refractivity (Wildman–Crippen MR) is 218 cm³/mol. The molecule has 0 amide bonds. The van der Waals surface area contributed by atoms with Crippen molar-refractivity contribution in [3.8, 4) is 44.6 Å². The summed E-state index contributed by atoms with van der Waals surface area (Å²) in [5, 5.41) is 1.15. The van der Waals surface area contributed by atoms with Gasteiger partial charge in [-0.1, -0.05) is 147 Å². The molecular weight excluding hydrogens is 636 g/mol. The minimum Gasteiger partial charge on any atom is -0.345 e. The first-order valence-electron chi connectivity index (χ1n) is 17.8. The number of rotatable bonds is 5. The molecule has 3 heteroatoms. The number of anilines is 2. The molecule has 8 aromatic rings. The third kappa shape index (κ3) is 5.88. The molecule has 0 N–H and O–H groups in total. The molecule has 0 spiro atoms. The second kappa shape index (κ2) is 13.5. The van der Waals surface area contributed by atoms with Gasteiger partial charge in [0.1, 0.15) is 5.82 Å². The summed E-state index contributed by atoms with van der Waals surface area (Å²) in [6.07, 6.45) is 0. The summed E-state index contributed by atoms with van der Waals surface area (Å²) >= 11 is 0. The van der Waals surface area contributed by atoms with Gasteiger partial charge in [-0.3, -0.25) is 0 Å². The minimum atomic E-state index is -0.232. The van der Waals surface area contributed by atoms with Crippen LogP contribution in [0.5, 0.6) is 0 Å². The van der Waals surface area contributed by atoms with Crippen LogP contribution in [0, 0.1) is 5.82 Å². The quantitative estimate of drug-likeness (QED) is 0.176. The van der Waals surface area contributed by atoms with Crippen LogP contribution >= 0.6 is 0 Å². The Kier molecular flexibility index (Phi) is 8.56. The van der Waals surface area contributed by atoms with Crippen molar-refractivity contribution in [2.24, 2.45) is 7.05 Å². The second-order valence-electron chi connectivity index (χ2n) is 14.0. The van der Waals surface area contributed by atoms with Crippen LogP contribution in [-0.2, 0) is 12.5 Å². The summed E-state index contributed by atoms with van der Waals surface area (Å²) < 4.78 is 16.3. The molecular formula is C49H41FN2. The van der Waals surface area contributed by atoms with Crippen molar-refractivity contribution in [3.63, 3.8) is 0 Å². The molecule has 254 valence electrons. The van der Waals surface area contributed by atoms with E-state index in [0.717, 1.165) is 44.7 Å². The minimum absolute atomic E-state index is 0.160. The maximum absolute atomic E-state index is 14.2. The van der Waals surface area contributed by atoms with Crippen LogP contribution in [0.1, 0.15) is 25.0 Å². The molecule has 7 aromatic carbocycles. The van der Waals surface area contributed by atoms with Gasteiger partial charge in [-0.25, -0.2) is 4.39 Å². The van der Waals surface area contributed by atoms with Crippen LogP contribution in [-0.4, -0.2) is 11.6 Å². The van der Waals surface area contributed by atoms with Gasteiger partial charge in [0, 0.05) is 52.9 Å². The Morgan fingerprint density at radius 1 is 0.500 bits per heavy atom. The number of hydrogen-bond donors (Lipinski definition) is 0. The van der Waals surface area contributed by atoms with E-state index in [1.807, 2.05) is 25.2 Å². The Morgan fingerprint density at radius 3 is 1.62 bits per heavy atom. The molecule has 0 saturated heterocycles. The number of aryl methyl sites for hydroxylation is 1. The maximum Gasteiger partial charge on any atom is 0.123 e. The molecule has 1 aliphatic carbocycles. The maximum atomic E-state index is 14.2. The molecule has 1 aliphatic rings. The van der Waals surface area contributed by atoms with E-state index in [1.54, 1.807) is 12.1 Å². The monoisotopic (exact) mass is 676 g/mol. The summed E-state index contributed by atoms with van der Waals surface area (Å²) in [5.41, 5.74) is 15.7. The van der Waals surface area contributed by atoms with Crippen molar-refractivity contribution in [3.05, 3.63) is 193 Å². The Labute approximate surface area is 306 Å². The molecule has 0 fully saturated rings. The molecule has 0 aliphatic heterocycles. The normalized spacial score (nSPS) is 12.5. The van der Waals surface area contributed by atoms with Gasteiger partial charge in [0.25, 0.3) is 0 Å². The summed E-state index contributed by atoms with van der Waals surface area (Å²) in [6, 6.07) is 60.3. The summed E-state index contributed by atoms with van der Waals surface area (Å²) in [7, 11) is 4.13. The van der Waals surface area contributed by atoms with Gasteiger partial charge in [-0.05, 0) is 81.4 Å².